The summed E-state index contributed by atoms with van der Waals surface area (Å²) in [6, 6.07) is 7.38. The molecule has 146 valence electrons. The number of aromatic nitrogens is 2. The van der Waals surface area contributed by atoms with Crippen molar-refractivity contribution in [2.24, 2.45) is 5.92 Å². The molecule has 3 heterocycles. The lowest BCUT2D eigenvalue weighted by molar-refractivity contribution is 0.102. The van der Waals surface area contributed by atoms with Gasteiger partial charge in [-0.05, 0) is 37.8 Å². The van der Waals surface area contributed by atoms with Crippen LogP contribution in [0.1, 0.15) is 35.0 Å². The highest BCUT2D eigenvalue weighted by Crippen LogP contribution is 2.36. The van der Waals surface area contributed by atoms with Gasteiger partial charge in [-0.15, -0.1) is 11.3 Å². The Morgan fingerprint density at radius 3 is 3.00 bits per heavy atom. The Bertz CT molecular complexity index is 1020. The molecule has 2 aromatic heterocycles. The van der Waals surface area contributed by atoms with Crippen molar-refractivity contribution in [1.82, 2.24) is 9.97 Å². The fourth-order valence-electron chi connectivity index (χ4n) is 3.82. The number of thiophene rings is 1. The van der Waals surface area contributed by atoms with Crippen LogP contribution in [0.25, 0.3) is 10.2 Å². The fourth-order valence-corrected chi connectivity index (χ4v) is 4.80. The summed E-state index contributed by atoms with van der Waals surface area (Å²) >= 11 is 1.54. The SMILES string of the molecule is COc1cccc(NC(=O)c2c(C)sc3ncnc(N4CCC[C@H](C)C4)c23)c1. The first-order valence-electron chi connectivity index (χ1n) is 9.51. The van der Waals surface area contributed by atoms with E-state index in [1.54, 1.807) is 24.8 Å². The van der Waals surface area contributed by atoms with Gasteiger partial charge in [-0.3, -0.25) is 4.79 Å². The number of amides is 1. The van der Waals surface area contributed by atoms with Gasteiger partial charge in [0.15, 0.2) is 0 Å². The number of anilines is 2. The zero-order chi connectivity index (χ0) is 19.7. The second kappa shape index (κ2) is 7.75. The van der Waals surface area contributed by atoms with Crippen molar-refractivity contribution in [2.45, 2.75) is 26.7 Å². The molecule has 1 amide bonds. The summed E-state index contributed by atoms with van der Waals surface area (Å²) in [5.74, 6) is 2.05. The summed E-state index contributed by atoms with van der Waals surface area (Å²) in [4.78, 5) is 26.3. The minimum absolute atomic E-state index is 0.141. The van der Waals surface area contributed by atoms with Gasteiger partial charge in [0.25, 0.3) is 5.91 Å². The number of rotatable bonds is 4. The van der Waals surface area contributed by atoms with Crippen LogP contribution < -0.4 is 15.0 Å². The Morgan fingerprint density at radius 2 is 2.21 bits per heavy atom. The minimum Gasteiger partial charge on any atom is -0.497 e. The maximum atomic E-state index is 13.2. The molecule has 1 aliphatic rings. The van der Waals surface area contributed by atoms with Crippen molar-refractivity contribution in [3.63, 3.8) is 0 Å². The van der Waals surface area contributed by atoms with E-state index in [0.29, 0.717) is 22.9 Å². The van der Waals surface area contributed by atoms with E-state index in [2.05, 4.69) is 27.1 Å². The summed E-state index contributed by atoms with van der Waals surface area (Å²) < 4.78 is 5.25. The number of nitrogens with one attached hydrogen (secondary N) is 1. The van der Waals surface area contributed by atoms with Crippen LogP contribution in [0, 0.1) is 12.8 Å². The minimum atomic E-state index is -0.141. The van der Waals surface area contributed by atoms with Crippen molar-refractivity contribution < 1.29 is 9.53 Å². The summed E-state index contributed by atoms with van der Waals surface area (Å²) in [5, 5.41) is 3.87. The molecule has 1 aromatic carbocycles. The van der Waals surface area contributed by atoms with Crippen LogP contribution in [-0.2, 0) is 0 Å². The number of carbonyl (C=O) groups excluding carboxylic acids is 1. The van der Waals surface area contributed by atoms with E-state index in [-0.39, 0.29) is 5.91 Å². The van der Waals surface area contributed by atoms with Crippen LogP contribution in [0.5, 0.6) is 5.75 Å². The van der Waals surface area contributed by atoms with E-state index in [1.165, 1.54) is 6.42 Å². The summed E-state index contributed by atoms with van der Waals surface area (Å²) in [6.45, 7) is 6.15. The Kier molecular flexibility index (Phi) is 5.17. The second-order valence-corrected chi connectivity index (χ2v) is 8.49. The predicted octanol–water partition coefficient (Wildman–Crippen LogP) is 4.50. The largest absolute Gasteiger partial charge is 0.497 e. The van der Waals surface area contributed by atoms with Gasteiger partial charge in [-0.2, -0.15) is 0 Å². The molecule has 6 nitrogen and oxygen atoms in total. The molecule has 0 spiro atoms. The average molecular weight is 397 g/mol. The first-order valence-corrected chi connectivity index (χ1v) is 10.3. The summed E-state index contributed by atoms with van der Waals surface area (Å²) in [5.41, 5.74) is 1.37. The number of nitrogens with zero attached hydrogens (tertiary/aromatic N) is 3. The highest BCUT2D eigenvalue weighted by molar-refractivity contribution is 7.19. The molecule has 1 saturated heterocycles. The van der Waals surface area contributed by atoms with Crippen molar-refractivity contribution in [2.75, 3.05) is 30.4 Å². The van der Waals surface area contributed by atoms with Crippen LogP contribution in [0.15, 0.2) is 30.6 Å². The predicted molar refractivity (Wildman–Crippen MR) is 114 cm³/mol. The maximum absolute atomic E-state index is 13.2. The second-order valence-electron chi connectivity index (χ2n) is 7.29. The highest BCUT2D eigenvalue weighted by atomic mass is 32.1. The third-order valence-corrected chi connectivity index (χ3v) is 6.17. The van der Waals surface area contributed by atoms with Gasteiger partial charge in [0, 0.05) is 29.7 Å². The molecule has 0 bridgehead atoms. The van der Waals surface area contributed by atoms with E-state index in [0.717, 1.165) is 40.4 Å². The molecule has 28 heavy (non-hydrogen) atoms. The molecule has 4 rings (SSSR count). The molecule has 1 aliphatic heterocycles. The number of fused-ring (bicyclic) bond motifs is 1. The van der Waals surface area contributed by atoms with Crippen molar-refractivity contribution in [3.05, 3.63) is 41.0 Å². The molecule has 0 aliphatic carbocycles. The molecule has 0 saturated carbocycles. The molecular weight excluding hydrogens is 372 g/mol. The standard InChI is InChI=1S/C21H24N4O2S/c1-13-6-5-9-25(11-13)19-18-17(14(2)28-21(18)23-12-22-19)20(26)24-15-7-4-8-16(10-15)27-3/h4,7-8,10,12-13H,5-6,9,11H2,1-3H3,(H,24,26)/t13-/m0/s1. The highest BCUT2D eigenvalue weighted by Gasteiger charge is 2.26. The molecule has 1 N–H and O–H groups in total. The van der Waals surface area contributed by atoms with E-state index < -0.39 is 0 Å². The number of carbonyl (C=O) groups is 1. The van der Waals surface area contributed by atoms with Gasteiger partial charge < -0.3 is 15.0 Å². The van der Waals surface area contributed by atoms with Gasteiger partial charge in [-0.25, -0.2) is 9.97 Å². The van der Waals surface area contributed by atoms with Crippen molar-refractivity contribution in [3.8, 4) is 5.75 Å². The third kappa shape index (κ3) is 3.54. The van der Waals surface area contributed by atoms with Gasteiger partial charge in [0.1, 0.15) is 22.7 Å². The molecule has 0 unspecified atom stereocenters. The molecule has 3 aromatic rings. The summed E-state index contributed by atoms with van der Waals surface area (Å²) in [6.07, 6.45) is 3.98. The van der Waals surface area contributed by atoms with Crippen LogP contribution in [-0.4, -0.2) is 36.1 Å². The number of hydrogen-bond donors (Lipinski definition) is 1. The molecule has 1 atom stereocenters. The number of methoxy groups -OCH3 is 1. The van der Waals surface area contributed by atoms with Crippen LogP contribution in [0.3, 0.4) is 0 Å². The smallest absolute Gasteiger partial charge is 0.257 e. The number of benzene rings is 1. The normalized spacial score (nSPS) is 17.0. The lowest BCUT2D eigenvalue weighted by atomic mass is 10.00. The number of ether oxygens (including phenoxy) is 1. The fraction of sp³-hybridized carbons (Fsp3) is 0.381. The van der Waals surface area contributed by atoms with Gasteiger partial charge >= 0.3 is 0 Å². The van der Waals surface area contributed by atoms with Gasteiger partial charge in [0.2, 0.25) is 0 Å². The number of piperidine rings is 1. The van der Waals surface area contributed by atoms with Crippen LogP contribution in [0.4, 0.5) is 11.5 Å². The number of hydrogen-bond acceptors (Lipinski definition) is 6. The Labute approximate surface area is 168 Å². The average Bonchev–Trinajstić information content (AvgIpc) is 3.04. The Morgan fingerprint density at radius 1 is 1.36 bits per heavy atom. The number of aryl methyl sites for hydroxylation is 1. The first kappa shape index (κ1) is 18.7. The maximum Gasteiger partial charge on any atom is 0.257 e. The van der Waals surface area contributed by atoms with E-state index in [9.17, 15) is 4.79 Å². The van der Waals surface area contributed by atoms with E-state index in [4.69, 9.17) is 4.74 Å². The third-order valence-electron chi connectivity index (χ3n) is 5.16. The van der Waals surface area contributed by atoms with Crippen LogP contribution >= 0.6 is 11.3 Å². The van der Waals surface area contributed by atoms with Crippen molar-refractivity contribution in [1.29, 1.82) is 0 Å². The molecule has 1 fully saturated rings. The summed E-state index contributed by atoms with van der Waals surface area (Å²) in [7, 11) is 1.61. The Hall–Kier alpha value is -2.67. The topological polar surface area (TPSA) is 67.3 Å². The van der Waals surface area contributed by atoms with Gasteiger partial charge in [-0.1, -0.05) is 13.0 Å². The van der Waals surface area contributed by atoms with Gasteiger partial charge in [0.05, 0.1) is 18.1 Å². The lowest BCUT2D eigenvalue weighted by Crippen LogP contribution is -2.35. The van der Waals surface area contributed by atoms with Crippen LogP contribution in [0.2, 0.25) is 0 Å². The monoisotopic (exact) mass is 396 g/mol. The first-order chi connectivity index (χ1) is 13.6. The zero-order valence-electron chi connectivity index (χ0n) is 16.4. The molecule has 0 radical (unpaired) electrons. The zero-order valence-corrected chi connectivity index (χ0v) is 17.2. The van der Waals surface area contributed by atoms with E-state index >= 15 is 0 Å². The van der Waals surface area contributed by atoms with Crippen molar-refractivity contribution >= 4 is 39.0 Å². The lowest BCUT2D eigenvalue weighted by Gasteiger charge is -2.32. The quantitative estimate of drug-likeness (QED) is 0.703. The Balaban J connectivity index is 1.73. The molecular formula is C21H24N4O2S. The van der Waals surface area contributed by atoms with E-state index in [1.807, 2.05) is 31.2 Å². The molecule has 7 heteroatoms.